The Morgan fingerprint density at radius 3 is 2.82 bits per heavy atom. The minimum atomic E-state index is -0.604. The summed E-state index contributed by atoms with van der Waals surface area (Å²) in [6.45, 7) is 9.54. The second kappa shape index (κ2) is 9.25. The van der Waals surface area contributed by atoms with Gasteiger partial charge >= 0.3 is 0 Å². The number of rotatable bonds is 6. The van der Waals surface area contributed by atoms with Gasteiger partial charge in [0.25, 0.3) is 0 Å². The summed E-state index contributed by atoms with van der Waals surface area (Å²) in [5.74, 6) is -0.457. The number of aromatic nitrogens is 3. The van der Waals surface area contributed by atoms with Crippen LogP contribution in [0.25, 0.3) is 22.6 Å². The lowest BCUT2D eigenvalue weighted by molar-refractivity contribution is -0.122. The lowest BCUT2D eigenvalue weighted by Crippen LogP contribution is -2.22. The van der Waals surface area contributed by atoms with Gasteiger partial charge in [0.05, 0.1) is 11.8 Å². The number of Topliss-reactive ketones (excluding diaryl/α,β-unsaturated/α-hetero) is 1. The molecular formula is C26H27F2N3O2. The summed E-state index contributed by atoms with van der Waals surface area (Å²) in [4.78, 5) is 13.3. The molecule has 1 aliphatic rings. The van der Waals surface area contributed by atoms with E-state index in [1.807, 2.05) is 6.92 Å². The van der Waals surface area contributed by atoms with Gasteiger partial charge in [-0.05, 0) is 37.8 Å². The summed E-state index contributed by atoms with van der Waals surface area (Å²) in [7, 11) is 0. The van der Waals surface area contributed by atoms with Crippen LogP contribution in [0.4, 0.5) is 8.78 Å². The van der Waals surface area contributed by atoms with E-state index in [4.69, 9.17) is 4.52 Å². The van der Waals surface area contributed by atoms with Gasteiger partial charge in [0.15, 0.2) is 5.76 Å². The highest BCUT2D eigenvalue weighted by Gasteiger charge is 2.32. The van der Waals surface area contributed by atoms with Crippen molar-refractivity contribution in [1.82, 2.24) is 14.9 Å². The number of benzene rings is 1. The fraction of sp³-hybridized carbons (Fsp3) is 0.346. The predicted molar refractivity (Wildman–Crippen MR) is 123 cm³/mol. The van der Waals surface area contributed by atoms with Crippen LogP contribution in [0, 0.1) is 17.7 Å². The van der Waals surface area contributed by atoms with Gasteiger partial charge in [0.1, 0.15) is 28.8 Å². The highest BCUT2D eigenvalue weighted by atomic mass is 19.1. The van der Waals surface area contributed by atoms with E-state index in [1.165, 1.54) is 16.9 Å². The van der Waals surface area contributed by atoms with E-state index in [2.05, 4.69) is 30.7 Å². The van der Waals surface area contributed by atoms with Crippen molar-refractivity contribution in [3.05, 3.63) is 71.7 Å². The molecule has 0 radical (unpaired) electrons. The third-order valence-electron chi connectivity index (χ3n) is 6.41. The highest BCUT2D eigenvalue weighted by molar-refractivity contribution is 5.91. The molecule has 0 spiro atoms. The number of allylic oxidation sites excluding steroid dienone is 3. The first-order chi connectivity index (χ1) is 15.8. The standard InChI is InChI=1S/C26H27F2N3O2/c1-5-15(2)10-18-11-16(3)24(17(4)27)25-20(12-23(18)32)26(33-30-25)19-13-29-31(14-19)22-9-7-6-8-21(22)28/h6-9,13-15,18H,4-5,10-12H2,1-3H3. The third-order valence-corrected chi connectivity index (χ3v) is 6.41. The van der Waals surface area contributed by atoms with E-state index in [0.717, 1.165) is 18.4 Å². The summed E-state index contributed by atoms with van der Waals surface area (Å²) >= 11 is 0. The monoisotopic (exact) mass is 451 g/mol. The average Bonchev–Trinajstić information content (AvgIpc) is 3.40. The molecule has 1 aromatic carbocycles. The summed E-state index contributed by atoms with van der Waals surface area (Å²) in [6.07, 6.45) is 5.37. The second-order valence-electron chi connectivity index (χ2n) is 8.82. The zero-order valence-electron chi connectivity index (χ0n) is 19.1. The lowest BCUT2D eigenvalue weighted by atomic mass is 9.80. The number of hydrogen-bond donors (Lipinski definition) is 0. The van der Waals surface area contributed by atoms with Crippen molar-refractivity contribution in [2.24, 2.45) is 11.8 Å². The summed E-state index contributed by atoms with van der Waals surface area (Å²) < 4.78 is 35.8. The van der Waals surface area contributed by atoms with Crippen molar-refractivity contribution >= 4 is 11.4 Å². The number of halogens is 2. The van der Waals surface area contributed by atoms with Gasteiger partial charge in [-0.25, -0.2) is 13.5 Å². The van der Waals surface area contributed by atoms with Crippen molar-refractivity contribution in [2.45, 2.75) is 46.5 Å². The zero-order valence-corrected chi connectivity index (χ0v) is 19.1. The lowest BCUT2D eigenvalue weighted by Gasteiger charge is -2.23. The van der Waals surface area contributed by atoms with Crippen molar-refractivity contribution < 1.29 is 18.1 Å². The maximum absolute atomic E-state index is 14.6. The van der Waals surface area contributed by atoms with Crippen molar-refractivity contribution in [2.75, 3.05) is 0 Å². The molecule has 4 rings (SSSR count). The second-order valence-corrected chi connectivity index (χ2v) is 8.82. The van der Waals surface area contributed by atoms with Crippen molar-refractivity contribution in [3.8, 4) is 17.0 Å². The summed E-state index contributed by atoms with van der Waals surface area (Å²) in [5, 5.41) is 8.37. The SMILES string of the molecule is C=C(F)C1=C(C)CC(CC(C)CC)C(=O)Cc2c1noc2-c1cnn(-c2ccccc2F)c1. The van der Waals surface area contributed by atoms with Crippen LogP contribution in [-0.4, -0.2) is 20.7 Å². The van der Waals surface area contributed by atoms with Gasteiger partial charge < -0.3 is 4.52 Å². The van der Waals surface area contributed by atoms with E-state index in [1.54, 1.807) is 24.4 Å². The van der Waals surface area contributed by atoms with E-state index >= 15 is 0 Å². The molecule has 33 heavy (non-hydrogen) atoms. The topological polar surface area (TPSA) is 60.9 Å². The van der Waals surface area contributed by atoms with Gasteiger partial charge in [-0.15, -0.1) is 0 Å². The van der Waals surface area contributed by atoms with Crippen LogP contribution in [0.2, 0.25) is 0 Å². The Morgan fingerprint density at radius 1 is 1.36 bits per heavy atom. The van der Waals surface area contributed by atoms with Crippen LogP contribution < -0.4 is 0 Å². The molecule has 2 aromatic heterocycles. The Morgan fingerprint density at radius 2 is 2.12 bits per heavy atom. The molecular weight excluding hydrogens is 424 g/mol. The molecule has 0 fully saturated rings. The van der Waals surface area contributed by atoms with Crippen LogP contribution in [0.15, 0.2) is 59.2 Å². The number of nitrogens with zero attached hydrogens (tertiary/aromatic N) is 3. The number of carbonyl (C=O) groups is 1. The fourth-order valence-electron chi connectivity index (χ4n) is 4.44. The Hall–Kier alpha value is -3.35. The maximum atomic E-state index is 14.6. The first-order valence-corrected chi connectivity index (χ1v) is 11.2. The predicted octanol–water partition coefficient (Wildman–Crippen LogP) is 6.49. The minimum Gasteiger partial charge on any atom is -0.355 e. The summed E-state index contributed by atoms with van der Waals surface area (Å²) in [5.41, 5.74) is 2.64. The first kappa shape index (κ1) is 22.8. The highest BCUT2D eigenvalue weighted by Crippen LogP contribution is 2.40. The van der Waals surface area contributed by atoms with Crippen LogP contribution >= 0.6 is 0 Å². The molecule has 2 heterocycles. The van der Waals surface area contributed by atoms with Gasteiger partial charge in [0.2, 0.25) is 0 Å². The maximum Gasteiger partial charge on any atom is 0.174 e. The van der Waals surface area contributed by atoms with Gasteiger partial charge in [-0.3, -0.25) is 4.79 Å². The molecule has 172 valence electrons. The van der Waals surface area contributed by atoms with E-state index in [9.17, 15) is 13.6 Å². The molecule has 2 atom stereocenters. The zero-order chi connectivity index (χ0) is 23.7. The van der Waals surface area contributed by atoms with Crippen molar-refractivity contribution in [1.29, 1.82) is 0 Å². The molecule has 7 heteroatoms. The number of carbonyl (C=O) groups excluding carboxylic acids is 1. The minimum absolute atomic E-state index is 0.0736. The van der Waals surface area contributed by atoms with Crippen LogP contribution in [0.3, 0.4) is 0 Å². The molecule has 0 aliphatic heterocycles. The van der Waals surface area contributed by atoms with Crippen LogP contribution in [-0.2, 0) is 11.2 Å². The molecule has 0 bridgehead atoms. The van der Waals surface area contributed by atoms with E-state index in [-0.39, 0.29) is 23.8 Å². The number of ketones is 1. The number of fused-ring (bicyclic) bond motifs is 1. The normalized spacial score (nSPS) is 17.5. The van der Waals surface area contributed by atoms with Gasteiger partial charge in [-0.1, -0.05) is 49.7 Å². The van der Waals surface area contributed by atoms with Crippen LogP contribution in [0.1, 0.15) is 51.3 Å². The summed E-state index contributed by atoms with van der Waals surface area (Å²) in [6, 6.07) is 6.28. The van der Waals surface area contributed by atoms with Crippen LogP contribution in [0.5, 0.6) is 0 Å². The molecule has 1 aliphatic carbocycles. The molecule has 0 saturated carbocycles. The van der Waals surface area contributed by atoms with E-state index < -0.39 is 11.6 Å². The number of para-hydroxylation sites is 1. The third kappa shape index (κ3) is 4.45. The Balaban J connectivity index is 1.79. The van der Waals surface area contributed by atoms with E-state index in [0.29, 0.717) is 40.5 Å². The Labute approximate surface area is 191 Å². The molecule has 3 aromatic rings. The van der Waals surface area contributed by atoms with Gasteiger partial charge in [0, 0.05) is 29.7 Å². The quantitative estimate of drug-likeness (QED) is 0.430. The molecule has 2 unspecified atom stereocenters. The van der Waals surface area contributed by atoms with Crippen molar-refractivity contribution in [3.63, 3.8) is 0 Å². The molecule has 0 amide bonds. The fourth-order valence-corrected chi connectivity index (χ4v) is 4.44. The largest absolute Gasteiger partial charge is 0.355 e. The smallest absolute Gasteiger partial charge is 0.174 e. The average molecular weight is 452 g/mol. The Kier molecular flexibility index (Phi) is 6.40. The Bertz CT molecular complexity index is 1240. The first-order valence-electron chi connectivity index (χ1n) is 11.2. The van der Waals surface area contributed by atoms with Gasteiger partial charge in [-0.2, -0.15) is 5.10 Å². The molecule has 0 saturated heterocycles. The molecule has 5 nitrogen and oxygen atoms in total. The number of hydrogen-bond acceptors (Lipinski definition) is 4. The molecule has 0 N–H and O–H groups in total.